The quantitative estimate of drug-likeness (QED) is 0.508. The van der Waals surface area contributed by atoms with Crippen molar-refractivity contribution < 1.29 is 14.3 Å². The van der Waals surface area contributed by atoms with Crippen LogP contribution in [0.4, 0.5) is 0 Å². The number of likely N-dealkylation sites (N-methyl/N-ethyl adjacent to an activating group) is 1. The third kappa shape index (κ3) is 5.41. The molecule has 1 aliphatic heterocycles. The fourth-order valence-corrected chi connectivity index (χ4v) is 4.44. The first-order chi connectivity index (χ1) is 16.9. The Balaban J connectivity index is 1.67. The molecular formula is C28H33N3O4. The van der Waals surface area contributed by atoms with Crippen LogP contribution in [-0.4, -0.2) is 49.7 Å². The molecule has 1 amide bonds. The van der Waals surface area contributed by atoms with Gasteiger partial charge in [0.1, 0.15) is 12.2 Å². The first-order valence-corrected chi connectivity index (χ1v) is 12.0. The highest BCUT2D eigenvalue weighted by Crippen LogP contribution is 2.41. The van der Waals surface area contributed by atoms with Crippen LogP contribution >= 0.6 is 0 Å². The SMILES string of the molecule is CCC1Cc2cc(OCc3ccccc3)c(OC)cc2-c2cc(=O)c(C(=O)NCCN(C)C)cn21. The number of amides is 1. The zero-order valence-corrected chi connectivity index (χ0v) is 20.8. The first-order valence-electron chi connectivity index (χ1n) is 12.0. The van der Waals surface area contributed by atoms with E-state index in [-0.39, 0.29) is 22.9 Å². The Hall–Kier alpha value is -3.58. The minimum Gasteiger partial charge on any atom is -0.493 e. The van der Waals surface area contributed by atoms with Crippen LogP contribution in [0.1, 0.15) is 40.9 Å². The van der Waals surface area contributed by atoms with Crippen LogP contribution in [0.2, 0.25) is 0 Å². The van der Waals surface area contributed by atoms with Crippen LogP contribution in [0.25, 0.3) is 11.3 Å². The lowest BCUT2D eigenvalue weighted by Gasteiger charge is -2.31. The molecule has 1 atom stereocenters. The number of fused-ring (bicyclic) bond motifs is 3. The Morgan fingerprint density at radius 2 is 1.91 bits per heavy atom. The molecule has 2 aromatic carbocycles. The van der Waals surface area contributed by atoms with E-state index in [0.29, 0.717) is 31.2 Å². The molecule has 0 saturated carbocycles. The van der Waals surface area contributed by atoms with Gasteiger partial charge in [-0.05, 0) is 50.2 Å². The van der Waals surface area contributed by atoms with Crippen molar-refractivity contribution in [3.63, 3.8) is 0 Å². The summed E-state index contributed by atoms with van der Waals surface area (Å²) in [5, 5.41) is 2.85. The zero-order chi connectivity index (χ0) is 24.9. The number of hydrogen-bond donors (Lipinski definition) is 1. The minimum absolute atomic E-state index is 0.127. The summed E-state index contributed by atoms with van der Waals surface area (Å²) in [6.07, 6.45) is 3.35. The third-order valence-corrected chi connectivity index (χ3v) is 6.39. The van der Waals surface area contributed by atoms with Crippen molar-refractivity contribution >= 4 is 5.91 Å². The van der Waals surface area contributed by atoms with Crippen LogP contribution in [0.3, 0.4) is 0 Å². The Labute approximate surface area is 206 Å². The lowest BCUT2D eigenvalue weighted by atomic mass is 9.90. The Bertz CT molecular complexity index is 1250. The van der Waals surface area contributed by atoms with E-state index in [1.165, 1.54) is 0 Å². The zero-order valence-electron chi connectivity index (χ0n) is 20.8. The van der Waals surface area contributed by atoms with Crippen LogP contribution in [0.5, 0.6) is 11.5 Å². The van der Waals surface area contributed by atoms with Gasteiger partial charge in [-0.25, -0.2) is 0 Å². The van der Waals surface area contributed by atoms with Gasteiger partial charge in [0.15, 0.2) is 16.9 Å². The van der Waals surface area contributed by atoms with Crippen molar-refractivity contribution in [3.05, 3.63) is 81.6 Å². The maximum atomic E-state index is 13.0. The van der Waals surface area contributed by atoms with Crippen LogP contribution < -0.4 is 20.2 Å². The molecule has 2 heterocycles. The van der Waals surface area contributed by atoms with E-state index >= 15 is 0 Å². The number of methoxy groups -OCH3 is 1. The molecule has 0 spiro atoms. The summed E-state index contributed by atoms with van der Waals surface area (Å²) in [4.78, 5) is 27.7. The summed E-state index contributed by atoms with van der Waals surface area (Å²) in [6.45, 7) is 3.74. The van der Waals surface area contributed by atoms with E-state index in [1.54, 1.807) is 19.4 Å². The van der Waals surface area contributed by atoms with E-state index in [2.05, 4.69) is 16.8 Å². The van der Waals surface area contributed by atoms with Gasteiger partial charge >= 0.3 is 0 Å². The third-order valence-electron chi connectivity index (χ3n) is 6.39. The van der Waals surface area contributed by atoms with Crippen molar-refractivity contribution in [3.8, 4) is 22.8 Å². The van der Waals surface area contributed by atoms with Crippen LogP contribution in [0, 0.1) is 0 Å². The first kappa shape index (κ1) is 24.5. The van der Waals surface area contributed by atoms with E-state index < -0.39 is 0 Å². The molecule has 3 aromatic rings. The van der Waals surface area contributed by atoms with Gasteiger partial charge in [-0.15, -0.1) is 0 Å². The number of benzene rings is 2. The number of aromatic nitrogens is 1. The molecule has 7 nitrogen and oxygen atoms in total. The maximum absolute atomic E-state index is 13.0. The second kappa shape index (κ2) is 10.8. The van der Waals surface area contributed by atoms with Gasteiger partial charge in [-0.2, -0.15) is 0 Å². The molecule has 1 aromatic heterocycles. The predicted molar refractivity (Wildman–Crippen MR) is 137 cm³/mol. The van der Waals surface area contributed by atoms with Gasteiger partial charge in [-0.3, -0.25) is 9.59 Å². The molecule has 35 heavy (non-hydrogen) atoms. The van der Waals surface area contributed by atoms with Gasteiger partial charge in [-0.1, -0.05) is 37.3 Å². The van der Waals surface area contributed by atoms with E-state index in [1.807, 2.05) is 61.5 Å². The van der Waals surface area contributed by atoms with Gasteiger partial charge in [0.2, 0.25) is 0 Å². The molecule has 0 bridgehead atoms. The maximum Gasteiger partial charge on any atom is 0.256 e. The molecule has 184 valence electrons. The Morgan fingerprint density at radius 3 is 2.60 bits per heavy atom. The Morgan fingerprint density at radius 1 is 1.14 bits per heavy atom. The van der Waals surface area contributed by atoms with Gasteiger partial charge in [0, 0.05) is 37.0 Å². The average Bonchev–Trinajstić information content (AvgIpc) is 2.86. The van der Waals surface area contributed by atoms with E-state index in [9.17, 15) is 9.59 Å². The highest BCUT2D eigenvalue weighted by molar-refractivity contribution is 5.94. The second-order valence-electron chi connectivity index (χ2n) is 9.10. The molecule has 0 fully saturated rings. The van der Waals surface area contributed by atoms with Gasteiger partial charge in [0.05, 0.1) is 12.8 Å². The average molecular weight is 476 g/mol. The fraction of sp³-hybridized carbons (Fsp3) is 0.357. The molecule has 0 saturated heterocycles. The van der Waals surface area contributed by atoms with Crippen molar-refractivity contribution in [1.29, 1.82) is 0 Å². The molecule has 1 aliphatic rings. The highest BCUT2D eigenvalue weighted by atomic mass is 16.5. The molecule has 0 radical (unpaired) electrons. The number of ether oxygens (including phenoxy) is 2. The second-order valence-corrected chi connectivity index (χ2v) is 9.10. The van der Waals surface area contributed by atoms with Crippen molar-refractivity contribution in [2.45, 2.75) is 32.4 Å². The van der Waals surface area contributed by atoms with Crippen LogP contribution in [-0.2, 0) is 13.0 Å². The highest BCUT2D eigenvalue weighted by Gasteiger charge is 2.27. The lowest BCUT2D eigenvalue weighted by molar-refractivity contribution is 0.0949. The molecule has 1 unspecified atom stereocenters. The van der Waals surface area contributed by atoms with Gasteiger partial charge < -0.3 is 24.3 Å². The molecule has 1 N–H and O–H groups in total. The summed E-state index contributed by atoms with van der Waals surface area (Å²) < 4.78 is 13.8. The molecule has 0 aliphatic carbocycles. The Kier molecular flexibility index (Phi) is 7.56. The number of hydrogen-bond acceptors (Lipinski definition) is 5. The molecular weight excluding hydrogens is 442 g/mol. The van der Waals surface area contributed by atoms with Crippen LogP contribution in [0.15, 0.2) is 59.5 Å². The normalized spacial score (nSPS) is 14.3. The number of carbonyl (C=O) groups excluding carboxylic acids is 1. The molecule has 4 rings (SSSR count). The lowest BCUT2D eigenvalue weighted by Crippen LogP contribution is -2.35. The predicted octanol–water partition coefficient (Wildman–Crippen LogP) is 3.90. The smallest absolute Gasteiger partial charge is 0.256 e. The van der Waals surface area contributed by atoms with Crippen molar-refractivity contribution in [2.75, 3.05) is 34.3 Å². The monoisotopic (exact) mass is 475 g/mol. The van der Waals surface area contributed by atoms with E-state index in [4.69, 9.17) is 9.47 Å². The summed E-state index contributed by atoms with van der Waals surface area (Å²) in [7, 11) is 5.49. The largest absolute Gasteiger partial charge is 0.493 e. The minimum atomic E-state index is -0.338. The topological polar surface area (TPSA) is 72.8 Å². The standard InChI is InChI=1S/C28H33N3O4/c1-5-21-13-20-14-27(35-18-19-9-7-6-8-10-19)26(34-4)15-22(20)24-16-25(32)23(17-31(21)24)28(33)29-11-12-30(2)3/h6-10,14-17,21H,5,11-13,18H2,1-4H3,(H,29,33). The number of rotatable bonds is 9. The number of pyridine rings is 1. The summed E-state index contributed by atoms with van der Waals surface area (Å²) in [5.74, 6) is 0.951. The number of nitrogens with zero attached hydrogens (tertiary/aromatic N) is 2. The van der Waals surface area contributed by atoms with Crippen molar-refractivity contribution in [1.82, 2.24) is 14.8 Å². The summed E-state index contributed by atoms with van der Waals surface area (Å²) >= 11 is 0. The van der Waals surface area contributed by atoms with E-state index in [0.717, 1.165) is 35.2 Å². The molecule has 7 heteroatoms. The summed E-state index contributed by atoms with van der Waals surface area (Å²) in [5.41, 5.74) is 3.78. The van der Waals surface area contributed by atoms with Gasteiger partial charge in [0.25, 0.3) is 5.91 Å². The van der Waals surface area contributed by atoms with Crippen molar-refractivity contribution in [2.24, 2.45) is 0 Å². The number of nitrogens with one attached hydrogen (secondary N) is 1. The summed E-state index contributed by atoms with van der Waals surface area (Å²) in [6, 6.07) is 15.7. The fourth-order valence-electron chi connectivity index (χ4n) is 4.44. The number of carbonyl (C=O) groups is 1.